The van der Waals surface area contributed by atoms with Crippen molar-refractivity contribution in [1.29, 1.82) is 0 Å². The van der Waals surface area contributed by atoms with Gasteiger partial charge < -0.3 is 0 Å². The smallest absolute Gasteiger partial charge is 0.265 e. The molecule has 7 heteroatoms. The lowest BCUT2D eigenvalue weighted by Crippen LogP contribution is -2.22. The normalized spacial score (nSPS) is 11.1. The third kappa shape index (κ3) is 2.36. The van der Waals surface area contributed by atoms with Crippen LogP contribution in [0.4, 0.5) is 0 Å². The van der Waals surface area contributed by atoms with Crippen LogP contribution in [0, 0.1) is 6.92 Å². The zero-order valence-electron chi connectivity index (χ0n) is 10.00. The van der Waals surface area contributed by atoms with Crippen LogP contribution in [0.25, 0.3) is 4.96 Å². The van der Waals surface area contributed by atoms with Gasteiger partial charge in [0.1, 0.15) is 5.69 Å². The van der Waals surface area contributed by atoms with E-state index in [0.717, 1.165) is 16.9 Å². The van der Waals surface area contributed by atoms with Gasteiger partial charge in [0.2, 0.25) is 9.43 Å². The van der Waals surface area contributed by atoms with Gasteiger partial charge >= 0.3 is 0 Å². The van der Waals surface area contributed by atoms with Crippen LogP contribution in [0.3, 0.4) is 0 Å². The average Bonchev–Trinajstić information content (AvgIpc) is 2.77. The Morgan fingerprint density at radius 2 is 2.00 bits per heavy atom. The molecule has 5 nitrogen and oxygen atoms in total. The van der Waals surface area contributed by atoms with Crippen LogP contribution >= 0.6 is 22.9 Å². The molecule has 96 valence electrons. The second-order valence-electron chi connectivity index (χ2n) is 4.16. The van der Waals surface area contributed by atoms with Gasteiger partial charge in [0, 0.05) is 6.42 Å². The van der Waals surface area contributed by atoms with Gasteiger partial charge in [0.15, 0.2) is 0 Å². The summed E-state index contributed by atoms with van der Waals surface area (Å²) in [4.78, 5) is 12.6. The van der Waals surface area contributed by atoms with Crippen LogP contribution in [-0.2, 0) is 6.42 Å². The van der Waals surface area contributed by atoms with Gasteiger partial charge in [-0.2, -0.15) is 4.52 Å². The Balaban J connectivity index is 2.03. The first kappa shape index (κ1) is 12.3. The van der Waals surface area contributed by atoms with Crippen molar-refractivity contribution in [3.63, 3.8) is 0 Å². The van der Waals surface area contributed by atoms with E-state index >= 15 is 0 Å². The molecule has 19 heavy (non-hydrogen) atoms. The standard InChI is InChI=1S/C12H9ClN4OS/c1-7-2-4-8(5-3-7)6-9-10(18)17-12(15-14-9)19-11(13)16-17/h2-5H,6H2,1H3. The summed E-state index contributed by atoms with van der Waals surface area (Å²) in [6.45, 7) is 2.02. The highest BCUT2D eigenvalue weighted by atomic mass is 35.5. The second kappa shape index (κ2) is 4.71. The Morgan fingerprint density at radius 1 is 1.26 bits per heavy atom. The van der Waals surface area contributed by atoms with Crippen LogP contribution in [0.15, 0.2) is 29.1 Å². The van der Waals surface area contributed by atoms with Gasteiger partial charge in [-0.15, -0.1) is 15.3 Å². The van der Waals surface area contributed by atoms with Crippen molar-refractivity contribution in [3.05, 3.63) is 55.9 Å². The van der Waals surface area contributed by atoms with E-state index < -0.39 is 0 Å². The molecule has 0 aliphatic carbocycles. The van der Waals surface area contributed by atoms with Crippen LogP contribution in [-0.4, -0.2) is 19.8 Å². The first-order valence-electron chi connectivity index (χ1n) is 5.60. The van der Waals surface area contributed by atoms with Gasteiger partial charge in [-0.3, -0.25) is 4.79 Å². The van der Waals surface area contributed by atoms with Gasteiger partial charge in [-0.05, 0) is 24.1 Å². The van der Waals surface area contributed by atoms with Crippen LogP contribution in [0.2, 0.25) is 4.47 Å². The molecule has 3 aromatic rings. The monoisotopic (exact) mass is 292 g/mol. The SMILES string of the molecule is Cc1ccc(Cc2nnc3sc(Cl)nn3c2=O)cc1. The molecule has 0 atom stereocenters. The number of aryl methyl sites for hydroxylation is 1. The van der Waals surface area contributed by atoms with E-state index in [1.54, 1.807) is 0 Å². The van der Waals surface area contributed by atoms with Crippen molar-refractivity contribution in [2.45, 2.75) is 13.3 Å². The van der Waals surface area contributed by atoms with Crippen LogP contribution in [0.5, 0.6) is 0 Å². The van der Waals surface area contributed by atoms with Crippen molar-refractivity contribution in [3.8, 4) is 0 Å². The molecule has 0 fully saturated rings. The van der Waals surface area contributed by atoms with E-state index in [0.29, 0.717) is 17.1 Å². The van der Waals surface area contributed by atoms with E-state index in [4.69, 9.17) is 11.6 Å². The zero-order valence-corrected chi connectivity index (χ0v) is 11.6. The van der Waals surface area contributed by atoms with E-state index in [1.807, 2.05) is 31.2 Å². The quantitative estimate of drug-likeness (QED) is 0.726. The second-order valence-corrected chi connectivity index (χ2v) is 5.70. The van der Waals surface area contributed by atoms with Gasteiger partial charge in [0.05, 0.1) is 0 Å². The average molecular weight is 293 g/mol. The number of halogens is 1. The molecule has 1 aromatic carbocycles. The molecule has 0 bridgehead atoms. The summed E-state index contributed by atoms with van der Waals surface area (Å²) in [5.41, 5.74) is 2.28. The minimum absolute atomic E-state index is 0.270. The maximum atomic E-state index is 12.2. The van der Waals surface area contributed by atoms with Crippen molar-refractivity contribution >= 4 is 27.9 Å². The molecule has 0 aliphatic rings. The fourth-order valence-electron chi connectivity index (χ4n) is 1.73. The lowest BCUT2D eigenvalue weighted by Gasteiger charge is -2.00. The van der Waals surface area contributed by atoms with E-state index in [9.17, 15) is 4.79 Å². The van der Waals surface area contributed by atoms with E-state index in [-0.39, 0.29) is 10.0 Å². The Hall–Kier alpha value is -1.79. The number of nitrogens with zero attached hydrogens (tertiary/aromatic N) is 4. The molecule has 2 aromatic heterocycles. The topological polar surface area (TPSA) is 60.1 Å². The Labute approximate surface area is 117 Å². The molecule has 0 N–H and O–H groups in total. The van der Waals surface area contributed by atoms with Crippen LogP contribution < -0.4 is 5.56 Å². The Morgan fingerprint density at radius 3 is 2.74 bits per heavy atom. The summed E-state index contributed by atoms with van der Waals surface area (Å²) < 4.78 is 1.47. The number of hydrogen-bond acceptors (Lipinski definition) is 5. The highest BCUT2D eigenvalue weighted by Crippen LogP contribution is 2.15. The molecule has 0 saturated heterocycles. The summed E-state index contributed by atoms with van der Waals surface area (Å²) in [6.07, 6.45) is 0.435. The molecule has 0 radical (unpaired) electrons. The van der Waals surface area contributed by atoms with E-state index in [2.05, 4.69) is 15.3 Å². The molecule has 0 spiro atoms. The molecular weight excluding hydrogens is 284 g/mol. The lowest BCUT2D eigenvalue weighted by molar-refractivity contribution is 0.808. The summed E-state index contributed by atoms with van der Waals surface area (Å²) in [5, 5.41) is 11.8. The van der Waals surface area contributed by atoms with Crippen molar-refractivity contribution in [2.24, 2.45) is 0 Å². The number of benzene rings is 1. The number of fused-ring (bicyclic) bond motifs is 1. The largest absolute Gasteiger partial charge is 0.297 e. The Bertz CT molecular complexity index is 794. The minimum Gasteiger partial charge on any atom is -0.265 e. The maximum Gasteiger partial charge on any atom is 0.297 e. The van der Waals surface area contributed by atoms with Gasteiger partial charge in [0.25, 0.3) is 5.56 Å². The van der Waals surface area contributed by atoms with Gasteiger partial charge in [-0.25, -0.2) is 0 Å². The van der Waals surface area contributed by atoms with Crippen molar-refractivity contribution in [2.75, 3.05) is 0 Å². The molecule has 3 rings (SSSR count). The molecule has 0 saturated carbocycles. The minimum atomic E-state index is -0.270. The number of hydrogen-bond donors (Lipinski definition) is 0. The zero-order chi connectivity index (χ0) is 13.4. The molecular formula is C12H9ClN4OS. The fourth-order valence-corrected chi connectivity index (χ4v) is 2.58. The summed E-state index contributed by atoms with van der Waals surface area (Å²) >= 11 is 6.89. The number of aromatic nitrogens is 4. The molecule has 0 amide bonds. The summed E-state index contributed by atoms with van der Waals surface area (Å²) in [6, 6.07) is 7.94. The molecule has 0 unspecified atom stereocenters. The van der Waals surface area contributed by atoms with E-state index in [1.165, 1.54) is 10.1 Å². The first-order chi connectivity index (χ1) is 9.13. The summed E-state index contributed by atoms with van der Waals surface area (Å²) in [5.74, 6) is 0. The molecule has 0 aliphatic heterocycles. The first-order valence-corrected chi connectivity index (χ1v) is 6.79. The van der Waals surface area contributed by atoms with Gasteiger partial charge in [-0.1, -0.05) is 41.2 Å². The maximum absolute atomic E-state index is 12.2. The lowest BCUT2D eigenvalue weighted by atomic mass is 10.1. The number of rotatable bonds is 2. The Kier molecular flexibility index (Phi) is 3.04. The van der Waals surface area contributed by atoms with Crippen molar-refractivity contribution in [1.82, 2.24) is 19.8 Å². The predicted molar refractivity (Wildman–Crippen MR) is 73.9 cm³/mol. The fraction of sp³-hybridized carbons (Fsp3) is 0.167. The molecule has 2 heterocycles. The summed E-state index contributed by atoms with van der Waals surface area (Å²) in [7, 11) is 0. The predicted octanol–water partition coefficient (Wildman–Crippen LogP) is 2.10. The third-order valence-electron chi connectivity index (χ3n) is 2.72. The van der Waals surface area contributed by atoms with Crippen LogP contribution in [0.1, 0.15) is 16.8 Å². The van der Waals surface area contributed by atoms with Crippen molar-refractivity contribution < 1.29 is 0 Å². The highest BCUT2D eigenvalue weighted by Gasteiger charge is 2.11. The highest BCUT2D eigenvalue weighted by molar-refractivity contribution is 7.20. The third-order valence-corrected chi connectivity index (χ3v) is 3.72.